The lowest BCUT2D eigenvalue weighted by Gasteiger charge is -2.16. The summed E-state index contributed by atoms with van der Waals surface area (Å²) in [6, 6.07) is 1.35. The number of amides is 1. The van der Waals surface area contributed by atoms with Crippen LogP contribution in [-0.2, 0) is 24.4 Å². The Morgan fingerprint density at radius 2 is 1.96 bits per heavy atom. The van der Waals surface area contributed by atoms with Crippen LogP contribution in [0.1, 0.15) is 29.6 Å². The molecule has 0 N–H and O–H groups in total. The standard InChI is InChI=1S/C15H22N6O3/c1-6-19-12(4)13(11(3)17-19)8-18(5)15(22)9-20-14(21(23)24)7-10(2)16-20/h7H,6,8-9H2,1-5H3. The summed E-state index contributed by atoms with van der Waals surface area (Å²) in [4.78, 5) is 24.4. The van der Waals surface area contributed by atoms with E-state index in [0.29, 0.717) is 12.2 Å². The molecule has 9 heteroatoms. The average molecular weight is 334 g/mol. The van der Waals surface area contributed by atoms with Gasteiger partial charge in [-0.2, -0.15) is 5.10 Å². The van der Waals surface area contributed by atoms with Gasteiger partial charge in [0.1, 0.15) is 0 Å². The van der Waals surface area contributed by atoms with Gasteiger partial charge < -0.3 is 15.0 Å². The van der Waals surface area contributed by atoms with Crippen molar-refractivity contribution in [1.29, 1.82) is 0 Å². The predicted molar refractivity (Wildman–Crippen MR) is 87.5 cm³/mol. The van der Waals surface area contributed by atoms with Crippen LogP contribution in [0.3, 0.4) is 0 Å². The molecule has 0 spiro atoms. The number of hydrogen-bond donors (Lipinski definition) is 0. The first kappa shape index (κ1) is 17.6. The minimum Gasteiger partial charge on any atom is -0.358 e. The molecule has 0 saturated carbocycles. The summed E-state index contributed by atoms with van der Waals surface area (Å²) in [7, 11) is 1.67. The van der Waals surface area contributed by atoms with E-state index in [1.807, 2.05) is 25.5 Å². The van der Waals surface area contributed by atoms with Crippen LogP contribution < -0.4 is 0 Å². The van der Waals surface area contributed by atoms with E-state index in [1.165, 1.54) is 11.0 Å². The number of nitrogens with zero attached hydrogens (tertiary/aromatic N) is 6. The number of carbonyl (C=O) groups is 1. The van der Waals surface area contributed by atoms with E-state index in [9.17, 15) is 14.9 Å². The first-order valence-corrected chi connectivity index (χ1v) is 7.70. The minimum absolute atomic E-state index is 0.166. The Morgan fingerprint density at radius 1 is 1.29 bits per heavy atom. The number of hydrogen-bond acceptors (Lipinski definition) is 5. The van der Waals surface area contributed by atoms with Gasteiger partial charge >= 0.3 is 5.82 Å². The van der Waals surface area contributed by atoms with Gasteiger partial charge in [-0.1, -0.05) is 5.10 Å². The SMILES string of the molecule is CCn1nc(C)c(CN(C)C(=O)Cn2nc(C)cc2[N+](=O)[O-])c1C. The van der Waals surface area contributed by atoms with Crippen LogP contribution in [0.25, 0.3) is 0 Å². The zero-order chi connectivity index (χ0) is 18.0. The fraction of sp³-hybridized carbons (Fsp3) is 0.533. The Morgan fingerprint density at radius 3 is 2.50 bits per heavy atom. The zero-order valence-electron chi connectivity index (χ0n) is 14.6. The van der Waals surface area contributed by atoms with Crippen molar-refractivity contribution < 1.29 is 9.72 Å². The van der Waals surface area contributed by atoms with E-state index in [0.717, 1.165) is 28.2 Å². The summed E-state index contributed by atoms with van der Waals surface area (Å²) in [6.45, 7) is 8.56. The molecule has 0 aliphatic heterocycles. The van der Waals surface area contributed by atoms with Crippen molar-refractivity contribution in [2.75, 3.05) is 7.05 Å². The third-order valence-corrected chi connectivity index (χ3v) is 4.00. The van der Waals surface area contributed by atoms with Crippen molar-refractivity contribution in [3.8, 4) is 0 Å². The van der Waals surface area contributed by atoms with Gasteiger partial charge in [-0.15, -0.1) is 4.68 Å². The highest BCUT2D eigenvalue weighted by Gasteiger charge is 2.22. The first-order chi connectivity index (χ1) is 11.2. The van der Waals surface area contributed by atoms with E-state index >= 15 is 0 Å². The van der Waals surface area contributed by atoms with E-state index in [1.54, 1.807) is 14.0 Å². The summed E-state index contributed by atoms with van der Waals surface area (Å²) in [5.41, 5.74) is 3.41. The van der Waals surface area contributed by atoms with Crippen molar-refractivity contribution in [2.24, 2.45) is 0 Å². The maximum Gasteiger partial charge on any atom is 0.345 e. The molecule has 0 radical (unpaired) electrons. The van der Waals surface area contributed by atoms with Gasteiger partial charge in [0.15, 0.2) is 6.54 Å². The summed E-state index contributed by atoms with van der Waals surface area (Å²) < 4.78 is 3.02. The third-order valence-electron chi connectivity index (χ3n) is 4.00. The first-order valence-electron chi connectivity index (χ1n) is 7.70. The number of aromatic nitrogens is 4. The smallest absolute Gasteiger partial charge is 0.345 e. The number of aryl methyl sites for hydroxylation is 3. The van der Waals surface area contributed by atoms with Crippen LogP contribution in [0, 0.1) is 30.9 Å². The molecular formula is C15H22N6O3. The number of carbonyl (C=O) groups excluding carboxylic acids is 1. The second-order valence-corrected chi connectivity index (χ2v) is 5.77. The average Bonchev–Trinajstić information content (AvgIpc) is 3.01. The van der Waals surface area contributed by atoms with Crippen molar-refractivity contribution in [1.82, 2.24) is 24.5 Å². The lowest BCUT2D eigenvalue weighted by atomic mass is 10.2. The summed E-state index contributed by atoms with van der Waals surface area (Å²) in [6.07, 6.45) is 0. The second-order valence-electron chi connectivity index (χ2n) is 5.77. The lowest BCUT2D eigenvalue weighted by molar-refractivity contribution is -0.392. The molecule has 0 bridgehead atoms. The maximum atomic E-state index is 12.4. The Labute approximate surface area is 140 Å². The van der Waals surface area contributed by atoms with E-state index in [4.69, 9.17) is 0 Å². The highest BCUT2D eigenvalue weighted by molar-refractivity contribution is 5.76. The molecule has 2 rings (SSSR count). The molecule has 9 nitrogen and oxygen atoms in total. The number of likely N-dealkylation sites (N-methyl/N-ethyl adjacent to an activating group) is 1. The Hall–Kier alpha value is -2.71. The molecule has 2 aromatic heterocycles. The van der Waals surface area contributed by atoms with Crippen LogP contribution in [0.2, 0.25) is 0 Å². The van der Waals surface area contributed by atoms with Gasteiger partial charge in [0.05, 0.1) is 17.5 Å². The van der Waals surface area contributed by atoms with Crippen molar-refractivity contribution >= 4 is 11.7 Å². The van der Waals surface area contributed by atoms with Gasteiger partial charge in [-0.25, -0.2) is 0 Å². The largest absolute Gasteiger partial charge is 0.358 e. The third kappa shape index (κ3) is 3.44. The predicted octanol–water partition coefficient (Wildman–Crippen LogP) is 1.59. The van der Waals surface area contributed by atoms with E-state index in [-0.39, 0.29) is 18.3 Å². The molecule has 0 aliphatic rings. The fourth-order valence-electron chi connectivity index (χ4n) is 2.64. The minimum atomic E-state index is -0.535. The van der Waals surface area contributed by atoms with Crippen LogP contribution in [0.15, 0.2) is 6.07 Å². The molecule has 130 valence electrons. The second kappa shape index (κ2) is 6.81. The highest BCUT2D eigenvalue weighted by Crippen LogP contribution is 2.16. The lowest BCUT2D eigenvalue weighted by Crippen LogP contribution is -2.30. The van der Waals surface area contributed by atoms with Crippen LogP contribution >= 0.6 is 0 Å². The van der Waals surface area contributed by atoms with Gasteiger partial charge in [-0.3, -0.25) is 9.48 Å². The molecule has 0 saturated heterocycles. The molecule has 0 aromatic carbocycles. The molecule has 2 aromatic rings. The van der Waals surface area contributed by atoms with Crippen molar-refractivity contribution in [3.05, 3.63) is 38.8 Å². The number of rotatable bonds is 6. The topological polar surface area (TPSA) is 99.1 Å². The monoisotopic (exact) mass is 334 g/mol. The summed E-state index contributed by atoms with van der Waals surface area (Å²) >= 11 is 0. The maximum absolute atomic E-state index is 12.4. The molecular weight excluding hydrogens is 312 g/mol. The van der Waals surface area contributed by atoms with Gasteiger partial charge in [0.2, 0.25) is 0 Å². The summed E-state index contributed by atoms with van der Waals surface area (Å²) in [5.74, 6) is -0.426. The molecule has 0 aliphatic carbocycles. The van der Waals surface area contributed by atoms with E-state index in [2.05, 4.69) is 10.2 Å². The molecule has 0 fully saturated rings. The van der Waals surface area contributed by atoms with Crippen LogP contribution in [-0.4, -0.2) is 42.3 Å². The Balaban J connectivity index is 2.14. The molecule has 2 heterocycles. The zero-order valence-corrected chi connectivity index (χ0v) is 14.6. The van der Waals surface area contributed by atoms with E-state index < -0.39 is 4.92 Å². The Kier molecular flexibility index (Phi) is 5.01. The van der Waals surface area contributed by atoms with Crippen molar-refractivity contribution in [3.63, 3.8) is 0 Å². The number of nitro groups is 1. The molecule has 1 amide bonds. The molecule has 0 atom stereocenters. The van der Waals surface area contributed by atoms with Gasteiger partial charge in [-0.05, 0) is 32.6 Å². The highest BCUT2D eigenvalue weighted by atomic mass is 16.6. The normalized spacial score (nSPS) is 10.9. The van der Waals surface area contributed by atoms with Gasteiger partial charge in [0, 0.05) is 31.4 Å². The quantitative estimate of drug-likeness (QED) is 0.590. The Bertz CT molecular complexity index is 777. The molecule has 24 heavy (non-hydrogen) atoms. The van der Waals surface area contributed by atoms with Gasteiger partial charge in [0.25, 0.3) is 5.91 Å². The van der Waals surface area contributed by atoms with Crippen LogP contribution in [0.4, 0.5) is 5.82 Å². The van der Waals surface area contributed by atoms with Crippen molar-refractivity contribution in [2.45, 2.75) is 47.3 Å². The summed E-state index contributed by atoms with van der Waals surface area (Å²) in [5, 5.41) is 19.5. The fourth-order valence-corrected chi connectivity index (χ4v) is 2.64. The molecule has 0 unspecified atom stereocenters. The van der Waals surface area contributed by atoms with Crippen LogP contribution in [0.5, 0.6) is 0 Å².